The fourth-order valence-corrected chi connectivity index (χ4v) is 2.59. The van der Waals surface area contributed by atoms with E-state index in [2.05, 4.69) is 58.1 Å². The quantitative estimate of drug-likeness (QED) is 0.684. The molecule has 0 spiro atoms. The lowest BCUT2D eigenvalue weighted by Crippen LogP contribution is -2.00. The Morgan fingerprint density at radius 1 is 1.17 bits per heavy atom. The number of aryl methyl sites for hydroxylation is 2. The predicted molar refractivity (Wildman–Crippen MR) is 76.0 cm³/mol. The van der Waals surface area contributed by atoms with Crippen LogP contribution < -0.4 is 0 Å². The van der Waals surface area contributed by atoms with Crippen LogP contribution in [0.1, 0.15) is 11.1 Å². The van der Waals surface area contributed by atoms with Crippen molar-refractivity contribution in [2.45, 2.75) is 13.8 Å². The standard InChI is InChI=1S/C14H12BrN3/c1-9-5-6-12(10(2)8-9)18-14-11(13(15)17-18)4-3-7-16-14/h3-8H,1-2H3. The third-order valence-corrected chi connectivity index (χ3v) is 3.56. The van der Waals surface area contributed by atoms with Gasteiger partial charge in [0.15, 0.2) is 5.65 Å². The lowest BCUT2D eigenvalue weighted by Gasteiger charge is -2.07. The van der Waals surface area contributed by atoms with Crippen molar-refractivity contribution < 1.29 is 0 Å². The fraction of sp³-hybridized carbons (Fsp3) is 0.143. The molecule has 0 amide bonds. The topological polar surface area (TPSA) is 30.7 Å². The summed E-state index contributed by atoms with van der Waals surface area (Å²) >= 11 is 3.48. The van der Waals surface area contributed by atoms with Gasteiger partial charge in [0.05, 0.1) is 11.1 Å². The van der Waals surface area contributed by atoms with E-state index >= 15 is 0 Å². The van der Waals surface area contributed by atoms with Gasteiger partial charge < -0.3 is 0 Å². The van der Waals surface area contributed by atoms with Crippen LogP contribution in [0.2, 0.25) is 0 Å². The van der Waals surface area contributed by atoms with E-state index in [4.69, 9.17) is 0 Å². The van der Waals surface area contributed by atoms with Crippen molar-refractivity contribution >= 4 is 27.0 Å². The molecule has 3 rings (SSSR count). The Labute approximate surface area is 114 Å². The highest BCUT2D eigenvalue weighted by molar-refractivity contribution is 9.10. The van der Waals surface area contributed by atoms with E-state index in [9.17, 15) is 0 Å². The van der Waals surface area contributed by atoms with Crippen LogP contribution in [-0.2, 0) is 0 Å². The Morgan fingerprint density at radius 2 is 2.00 bits per heavy atom. The zero-order valence-electron chi connectivity index (χ0n) is 10.2. The molecule has 18 heavy (non-hydrogen) atoms. The Kier molecular flexibility index (Phi) is 2.67. The lowest BCUT2D eigenvalue weighted by atomic mass is 10.1. The van der Waals surface area contributed by atoms with Crippen molar-refractivity contribution in [1.82, 2.24) is 14.8 Å². The molecule has 4 heteroatoms. The van der Waals surface area contributed by atoms with E-state index in [-0.39, 0.29) is 0 Å². The summed E-state index contributed by atoms with van der Waals surface area (Å²) in [5, 5.41) is 5.55. The van der Waals surface area contributed by atoms with Crippen molar-refractivity contribution in [1.29, 1.82) is 0 Å². The summed E-state index contributed by atoms with van der Waals surface area (Å²) in [5.41, 5.74) is 4.38. The van der Waals surface area contributed by atoms with Gasteiger partial charge in [-0.2, -0.15) is 5.10 Å². The summed E-state index contributed by atoms with van der Waals surface area (Å²) in [6, 6.07) is 10.3. The molecular formula is C14H12BrN3. The van der Waals surface area contributed by atoms with Gasteiger partial charge in [-0.1, -0.05) is 17.7 Å². The van der Waals surface area contributed by atoms with Crippen molar-refractivity contribution in [2.75, 3.05) is 0 Å². The number of rotatable bonds is 1. The molecule has 0 bridgehead atoms. The number of halogens is 1. The van der Waals surface area contributed by atoms with Crippen LogP contribution in [-0.4, -0.2) is 14.8 Å². The van der Waals surface area contributed by atoms with Gasteiger partial charge in [0, 0.05) is 6.20 Å². The highest BCUT2D eigenvalue weighted by Crippen LogP contribution is 2.25. The van der Waals surface area contributed by atoms with E-state index in [1.54, 1.807) is 6.20 Å². The summed E-state index contributed by atoms with van der Waals surface area (Å²) in [5.74, 6) is 0. The first-order valence-electron chi connectivity index (χ1n) is 5.73. The summed E-state index contributed by atoms with van der Waals surface area (Å²) in [6.07, 6.45) is 1.79. The van der Waals surface area contributed by atoms with Gasteiger partial charge in [0.1, 0.15) is 4.60 Å². The van der Waals surface area contributed by atoms with Crippen molar-refractivity contribution in [3.05, 3.63) is 52.3 Å². The molecule has 1 aromatic carbocycles. The molecule has 0 radical (unpaired) electrons. The largest absolute Gasteiger partial charge is 0.236 e. The van der Waals surface area contributed by atoms with Gasteiger partial charge in [-0.25, -0.2) is 9.67 Å². The molecule has 0 fully saturated rings. The summed E-state index contributed by atoms with van der Waals surface area (Å²) < 4.78 is 2.71. The monoisotopic (exact) mass is 301 g/mol. The molecule has 0 aliphatic carbocycles. The summed E-state index contributed by atoms with van der Waals surface area (Å²) in [7, 11) is 0. The van der Waals surface area contributed by atoms with Crippen LogP contribution in [0.15, 0.2) is 41.1 Å². The maximum atomic E-state index is 4.52. The van der Waals surface area contributed by atoms with E-state index in [0.29, 0.717) is 0 Å². The summed E-state index contributed by atoms with van der Waals surface area (Å²) in [6.45, 7) is 4.18. The first-order chi connectivity index (χ1) is 8.66. The predicted octanol–water partition coefficient (Wildman–Crippen LogP) is 3.80. The zero-order chi connectivity index (χ0) is 12.7. The third-order valence-electron chi connectivity index (χ3n) is 2.98. The van der Waals surface area contributed by atoms with E-state index in [1.165, 1.54) is 11.1 Å². The molecule has 3 nitrogen and oxygen atoms in total. The van der Waals surface area contributed by atoms with Crippen LogP contribution in [0, 0.1) is 13.8 Å². The van der Waals surface area contributed by atoms with Gasteiger partial charge >= 0.3 is 0 Å². The Bertz CT molecular complexity index is 731. The Balaban J connectivity index is 2.32. The Hall–Kier alpha value is -1.68. The van der Waals surface area contributed by atoms with E-state index < -0.39 is 0 Å². The van der Waals surface area contributed by atoms with Crippen molar-refractivity contribution in [3.8, 4) is 5.69 Å². The highest BCUT2D eigenvalue weighted by Gasteiger charge is 2.11. The van der Waals surface area contributed by atoms with E-state index in [1.807, 2.05) is 16.8 Å². The van der Waals surface area contributed by atoms with Gasteiger partial charge in [-0.05, 0) is 53.5 Å². The SMILES string of the molecule is Cc1ccc(-n2nc(Br)c3cccnc32)c(C)c1. The summed E-state index contributed by atoms with van der Waals surface area (Å²) in [4.78, 5) is 4.41. The van der Waals surface area contributed by atoms with Gasteiger partial charge in [-0.3, -0.25) is 0 Å². The van der Waals surface area contributed by atoms with Crippen molar-refractivity contribution in [2.24, 2.45) is 0 Å². The molecule has 0 N–H and O–H groups in total. The first-order valence-corrected chi connectivity index (χ1v) is 6.53. The lowest BCUT2D eigenvalue weighted by molar-refractivity contribution is 0.878. The molecule has 0 saturated heterocycles. The number of aromatic nitrogens is 3. The molecule has 0 unspecified atom stereocenters. The van der Waals surface area contributed by atoms with Crippen LogP contribution in [0.3, 0.4) is 0 Å². The number of hydrogen-bond acceptors (Lipinski definition) is 2. The smallest absolute Gasteiger partial charge is 0.164 e. The van der Waals surface area contributed by atoms with Gasteiger partial charge in [-0.15, -0.1) is 0 Å². The average molecular weight is 302 g/mol. The van der Waals surface area contributed by atoms with Crippen LogP contribution >= 0.6 is 15.9 Å². The zero-order valence-corrected chi connectivity index (χ0v) is 11.8. The molecule has 2 heterocycles. The van der Waals surface area contributed by atoms with Gasteiger partial charge in [0.2, 0.25) is 0 Å². The second-order valence-corrected chi connectivity index (χ2v) is 5.12. The number of nitrogens with zero attached hydrogens (tertiary/aromatic N) is 3. The first kappa shape index (κ1) is 11.4. The highest BCUT2D eigenvalue weighted by atomic mass is 79.9. The van der Waals surface area contributed by atoms with Crippen LogP contribution in [0.5, 0.6) is 0 Å². The minimum absolute atomic E-state index is 0.825. The second kappa shape index (κ2) is 4.21. The third kappa shape index (κ3) is 1.73. The number of hydrogen-bond donors (Lipinski definition) is 0. The average Bonchev–Trinajstić information content (AvgIpc) is 2.68. The van der Waals surface area contributed by atoms with Crippen LogP contribution in [0.25, 0.3) is 16.7 Å². The normalized spacial score (nSPS) is 11.1. The number of fused-ring (bicyclic) bond motifs is 1. The Morgan fingerprint density at radius 3 is 2.78 bits per heavy atom. The fourth-order valence-electron chi connectivity index (χ4n) is 2.13. The van der Waals surface area contributed by atoms with E-state index in [0.717, 1.165) is 21.3 Å². The molecule has 2 aromatic heterocycles. The number of pyridine rings is 1. The number of benzene rings is 1. The minimum atomic E-state index is 0.825. The molecule has 90 valence electrons. The van der Waals surface area contributed by atoms with Crippen LogP contribution in [0.4, 0.5) is 0 Å². The maximum absolute atomic E-state index is 4.52. The molecule has 0 saturated carbocycles. The van der Waals surface area contributed by atoms with Crippen molar-refractivity contribution in [3.63, 3.8) is 0 Å². The second-order valence-electron chi connectivity index (χ2n) is 4.37. The van der Waals surface area contributed by atoms with Gasteiger partial charge in [0.25, 0.3) is 0 Å². The maximum Gasteiger partial charge on any atom is 0.164 e. The molecule has 3 aromatic rings. The molecule has 0 aliphatic rings. The minimum Gasteiger partial charge on any atom is -0.236 e. The molecule has 0 atom stereocenters. The molecular weight excluding hydrogens is 290 g/mol. The molecule has 0 aliphatic heterocycles.